The molecule has 2 fully saturated rings. The summed E-state index contributed by atoms with van der Waals surface area (Å²) in [5.41, 5.74) is 2.55. The van der Waals surface area contributed by atoms with Crippen molar-refractivity contribution in [3.05, 3.63) is 35.4 Å². The average molecular weight is 385 g/mol. The Morgan fingerprint density at radius 1 is 1.07 bits per heavy atom. The highest BCUT2D eigenvalue weighted by atomic mass is 16.5. The molecule has 0 heterocycles. The molecule has 0 bridgehead atoms. The van der Waals surface area contributed by atoms with Crippen LogP contribution in [0.1, 0.15) is 102 Å². The second-order valence-corrected chi connectivity index (χ2v) is 9.49. The number of benzene rings is 1. The van der Waals surface area contributed by atoms with Gasteiger partial charge < -0.3 is 4.74 Å². The van der Waals surface area contributed by atoms with Gasteiger partial charge in [0.15, 0.2) is 0 Å². The number of carbonyl (C=O) groups excluding carboxylic acids is 2. The highest BCUT2D eigenvalue weighted by Gasteiger charge is 2.37. The molecular weight excluding hydrogens is 348 g/mol. The topological polar surface area (TPSA) is 43.4 Å². The van der Waals surface area contributed by atoms with E-state index in [1.807, 2.05) is 0 Å². The summed E-state index contributed by atoms with van der Waals surface area (Å²) < 4.78 is 5.46. The minimum Gasteiger partial charge on any atom is -0.461 e. The first kappa shape index (κ1) is 21.1. The van der Waals surface area contributed by atoms with E-state index in [2.05, 4.69) is 38.1 Å². The molecule has 3 rings (SSSR count). The molecular formula is C25H36O3. The molecule has 2 saturated carbocycles. The van der Waals surface area contributed by atoms with Crippen LogP contribution in [0.4, 0.5) is 0 Å². The van der Waals surface area contributed by atoms with Gasteiger partial charge in [-0.15, -0.1) is 0 Å². The highest BCUT2D eigenvalue weighted by molar-refractivity contribution is 5.82. The van der Waals surface area contributed by atoms with E-state index < -0.39 is 0 Å². The summed E-state index contributed by atoms with van der Waals surface area (Å²) in [4.78, 5) is 24.3. The zero-order valence-corrected chi connectivity index (χ0v) is 17.7. The third-order valence-electron chi connectivity index (χ3n) is 6.91. The fraction of sp³-hybridized carbons (Fsp3) is 0.680. The van der Waals surface area contributed by atoms with Crippen molar-refractivity contribution >= 4 is 11.8 Å². The summed E-state index contributed by atoms with van der Waals surface area (Å²) in [6.07, 6.45) is 11.4. The van der Waals surface area contributed by atoms with Gasteiger partial charge in [-0.3, -0.25) is 9.59 Å². The Hall–Kier alpha value is -1.64. The van der Waals surface area contributed by atoms with Gasteiger partial charge in [-0.1, -0.05) is 57.4 Å². The van der Waals surface area contributed by atoms with Gasteiger partial charge >= 0.3 is 5.97 Å². The maximum atomic E-state index is 12.2. The van der Waals surface area contributed by atoms with Gasteiger partial charge in [0.25, 0.3) is 0 Å². The minimum atomic E-state index is -0.155. The molecule has 2 aliphatic carbocycles. The van der Waals surface area contributed by atoms with Crippen LogP contribution in [-0.4, -0.2) is 11.8 Å². The number of carbonyl (C=O) groups is 2. The second kappa shape index (κ2) is 9.71. The number of hydrogen-bond acceptors (Lipinski definition) is 3. The van der Waals surface area contributed by atoms with Crippen LogP contribution in [0.3, 0.4) is 0 Å². The summed E-state index contributed by atoms with van der Waals surface area (Å²) in [6, 6.07) is 8.60. The Balaban J connectivity index is 1.39. The molecule has 1 aromatic carbocycles. The molecule has 0 aliphatic heterocycles. The Bertz CT molecular complexity index is 653. The van der Waals surface area contributed by atoms with Crippen LogP contribution >= 0.6 is 0 Å². The fourth-order valence-corrected chi connectivity index (χ4v) is 5.06. The van der Waals surface area contributed by atoms with Crippen molar-refractivity contribution in [1.82, 2.24) is 0 Å². The Morgan fingerprint density at radius 2 is 1.79 bits per heavy atom. The van der Waals surface area contributed by atoms with Crippen molar-refractivity contribution in [2.75, 3.05) is 0 Å². The van der Waals surface area contributed by atoms with E-state index in [4.69, 9.17) is 4.74 Å². The van der Waals surface area contributed by atoms with Crippen LogP contribution < -0.4 is 0 Å². The van der Waals surface area contributed by atoms with Gasteiger partial charge in [0.05, 0.1) is 0 Å². The molecule has 0 radical (unpaired) electrons. The first-order valence-electron chi connectivity index (χ1n) is 11.2. The van der Waals surface area contributed by atoms with Crippen LogP contribution in [0, 0.1) is 11.3 Å². The Morgan fingerprint density at radius 3 is 2.46 bits per heavy atom. The summed E-state index contributed by atoms with van der Waals surface area (Å²) in [5.74, 6) is 1.03. The summed E-state index contributed by atoms with van der Waals surface area (Å²) >= 11 is 0. The summed E-state index contributed by atoms with van der Waals surface area (Å²) in [6.45, 7) is 4.71. The third kappa shape index (κ3) is 5.68. The van der Waals surface area contributed by atoms with Gasteiger partial charge in [0, 0.05) is 18.8 Å². The Labute approximate surface area is 170 Å². The van der Waals surface area contributed by atoms with Crippen LogP contribution in [0.15, 0.2) is 24.3 Å². The van der Waals surface area contributed by atoms with E-state index in [1.165, 1.54) is 37.7 Å². The normalized spacial score (nSPS) is 22.8. The average Bonchev–Trinajstić information content (AvgIpc) is 2.69. The predicted molar refractivity (Wildman–Crippen MR) is 112 cm³/mol. The largest absolute Gasteiger partial charge is 0.461 e. The smallest absolute Gasteiger partial charge is 0.306 e. The molecule has 0 N–H and O–H groups in total. The van der Waals surface area contributed by atoms with Crippen molar-refractivity contribution in [3.63, 3.8) is 0 Å². The van der Waals surface area contributed by atoms with E-state index in [-0.39, 0.29) is 17.3 Å². The summed E-state index contributed by atoms with van der Waals surface area (Å²) in [5, 5.41) is 0. The predicted octanol–water partition coefficient (Wildman–Crippen LogP) is 6.34. The van der Waals surface area contributed by atoms with E-state index in [9.17, 15) is 9.59 Å². The summed E-state index contributed by atoms with van der Waals surface area (Å²) in [7, 11) is 0. The number of ether oxygens (including phenoxy) is 1. The van der Waals surface area contributed by atoms with E-state index in [0.29, 0.717) is 31.1 Å². The van der Waals surface area contributed by atoms with Gasteiger partial charge in [-0.05, 0) is 61.0 Å². The molecule has 3 nitrogen and oxygen atoms in total. The highest BCUT2D eigenvalue weighted by Crippen LogP contribution is 2.41. The zero-order valence-electron chi connectivity index (χ0n) is 17.7. The van der Waals surface area contributed by atoms with Crippen LogP contribution in [-0.2, 0) is 20.9 Å². The van der Waals surface area contributed by atoms with Crippen molar-refractivity contribution in [2.45, 2.75) is 97.0 Å². The second-order valence-electron chi connectivity index (χ2n) is 9.49. The van der Waals surface area contributed by atoms with Crippen LogP contribution in [0.2, 0.25) is 0 Å². The number of ketones is 1. The monoisotopic (exact) mass is 384 g/mol. The lowest BCUT2D eigenvalue weighted by molar-refractivity contribution is -0.145. The zero-order chi connectivity index (χ0) is 20.0. The van der Waals surface area contributed by atoms with Gasteiger partial charge in [-0.25, -0.2) is 0 Å². The van der Waals surface area contributed by atoms with Gasteiger partial charge in [-0.2, -0.15) is 0 Å². The maximum absolute atomic E-state index is 12.2. The lowest BCUT2D eigenvalue weighted by atomic mass is 9.66. The van der Waals surface area contributed by atoms with Crippen molar-refractivity contribution in [2.24, 2.45) is 11.3 Å². The third-order valence-corrected chi connectivity index (χ3v) is 6.91. The van der Waals surface area contributed by atoms with Gasteiger partial charge in [0.1, 0.15) is 12.4 Å². The number of hydrogen-bond donors (Lipinski definition) is 0. The molecule has 2 aliphatic rings. The maximum Gasteiger partial charge on any atom is 0.306 e. The molecule has 0 aromatic heterocycles. The molecule has 154 valence electrons. The van der Waals surface area contributed by atoms with E-state index >= 15 is 0 Å². The molecule has 1 unspecified atom stereocenters. The quantitative estimate of drug-likeness (QED) is 0.515. The van der Waals surface area contributed by atoms with Crippen molar-refractivity contribution in [3.8, 4) is 0 Å². The lowest BCUT2D eigenvalue weighted by Crippen LogP contribution is -2.35. The van der Waals surface area contributed by atoms with Crippen LogP contribution in [0.25, 0.3) is 0 Å². The SMILES string of the molecule is CC1(C)CCCC(=O)C1CCCC(=O)OCc1ccc(C2CCCCC2)cc1. The van der Waals surface area contributed by atoms with Crippen molar-refractivity contribution in [1.29, 1.82) is 0 Å². The van der Waals surface area contributed by atoms with Crippen molar-refractivity contribution < 1.29 is 14.3 Å². The molecule has 0 amide bonds. The Kier molecular flexibility index (Phi) is 7.31. The minimum absolute atomic E-state index is 0.0688. The standard InChI is InChI=1S/C25H36O3/c1-25(2)17-7-11-23(26)22(25)10-6-12-24(27)28-18-19-13-15-21(16-14-19)20-8-4-3-5-9-20/h13-16,20,22H,3-12,17-18H2,1-2H3. The van der Waals surface area contributed by atoms with Gasteiger partial charge in [0.2, 0.25) is 0 Å². The number of esters is 1. The molecule has 0 spiro atoms. The first-order valence-corrected chi connectivity index (χ1v) is 11.2. The molecule has 28 heavy (non-hydrogen) atoms. The lowest BCUT2D eigenvalue weighted by Gasteiger charge is -2.37. The molecule has 0 saturated heterocycles. The molecule has 1 atom stereocenters. The molecule has 1 aromatic rings. The fourth-order valence-electron chi connectivity index (χ4n) is 5.06. The van der Waals surface area contributed by atoms with E-state index in [0.717, 1.165) is 31.2 Å². The number of Topliss-reactive ketones (excluding diaryl/α,β-unsaturated/α-hetero) is 1. The van der Waals surface area contributed by atoms with Crippen LogP contribution in [0.5, 0.6) is 0 Å². The van der Waals surface area contributed by atoms with E-state index in [1.54, 1.807) is 0 Å². The number of rotatable bonds is 7. The first-order chi connectivity index (χ1) is 13.5. The molecule has 3 heteroatoms.